The van der Waals surface area contributed by atoms with Crippen molar-refractivity contribution in [2.75, 3.05) is 0 Å². The molecule has 0 aliphatic carbocycles. The number of rotatable bonds is 5. The van der Waals surface area contributed by atoms with E-state index in [1.54, 1.807) is 23.6 Å². The van der Waals surface area contributed by atoms with Gasteiger partial charge in [0.25, 0.3) is 5.91 Å². The third-order valence-electron chi connectivity index (χ3n) is 1.64. The monoisotopic (exact) mass is 252 g/mol. The van der Waals surface area contributed by atoms with Crippen molar-refractivity contribution in [1.29, 1.82) is 0 Å². The number of hydrazine groups is 1. The number of benzene rings is 1. The van der Waals surface area contributed by atoms with Gasteiger partial charge in [0.2, 0.25) is 0 Å². The van der Waals surface area contributed by atoms with Gasteiger partial charge in [0, 0.05) is 5.56 Å². The molecule has 1 rings (SSSR count). The fourth-order valence-electron chi connectivity index (χ4n) is 0.846. The molecule has 1 aromatic carbocycles. The molecular formula is C9H8F4N2O2. The average molecular weight is 252 g/mol. The third kappa shape index (κ3) is 4.00. The van der Waals surface area contributed by atoms with Gasteiger partial charge < -0.3 is 0 Å². The Morgan fingerprint density at radius 1 is 1.24 bits per heavy atom. The van der Waals surface area contributed by atoms with E-state index in [0.29, 0.717) is 0 Å². The fourth-order valence-corrected chi connectivity index (χ4v) is 0.846. The Balaban J connectivity index is 2.40. The summed E-state index contributed by atoms with van der Waals surface area (Å²) in [5.41, 5.74) is 3.12. The summed E-state index contributed by atoms with van der Waals surface area (Å²) in [6.45, 7) is 0. The summed E-state index contributed by atoms with van der Waals surface area (Å²) in [4.78, 5) is 14.5. The van der Waals surface area contributed by atoms with E-state index in [1.807, 2.05) is 0 Å². The standard InChI is InChI=1S/C9H8F4N2O2/c10-8(11)9(12,13)17-15-14-7(16)6-4-2-1-3-5-6/h1-5,8,15H,(H,14,16). The Kier molecular flexibility index (Phi) is 4.41. The van der Waals surface area contributed by atoms with Crippen LogP contribution in [0.2, 0.25) is 0 Å². The van der Waals surface area contributed by atoms with E-state index in [2.05, 4.69) is 4.84 Å². The summed E-state index contributed by atoms with van der Waals surface area (Å²) in [6, 6.07) is 7.54. The minimum atomic E-state index is -4.68. The van der Waals surface area contributed by atoms with Crippen molar-refractivity contribution in [3.63, 3.8) is 0 Å². The van der Waals surface area contributed by atoms with Gasteiger partial charge in [-0.3, -0.25) is 10.2 Å². The second-order valence-electron chi connectivity index (χ2n) is 2.89. The molecule has 0 saturated heterocycles. The number of amides is 1. The van der Waals surface area contributed by atoms with Crippen LogP contribution in [0.1, 0.15) is 10.4 Å². The summed E-state index contributed by atoms with van der Waals surface area (Å²) >= 11 is 0. The second-order valence-corrected chi connectivity index (χ2v) is 2.89. The van der Waals surface area contributed by atoms with Crippen molar-refractivity contribution in [2.24, 2.45) is 0 Å². The molecular weight excluding hydrogens is 244 g/mol. The van der Waals surface area contributed by atoms with E-state index in [-0.39, 0.29) is 5.56 Å². The SMILES string of the molecule is O=C(NNOC(F)(F)C(F)F)c1ccccc1. The van der Waals surface area contributed by atoms with Crippen LogP contribution in [0.4, 0.5) is 17.6 Å². The van der Waals surface area contributed by atoms with E-state index < -0.39 is 18.4 Å². The predicted molar refractivity (Wildman–Crippen MR) is 49.1 cm³/mol. The molecule has 0 aliphatic rings. The van der Waals surface area contributed by atoms with Gasteiger partial charge in [-0.05, 0) is 12.1 Å². The van der Waals surface area contributed by atoms with Crippen LogP contribution in [0, 0.1) is 0 Å². The highest BCUT2D eigenvalue weighted by Crippen LogP contribution is 2.22. The molecule has 0 saturated carbocycles. The van der Waals surface area contributed by atoms with E-state index >= 15 is 0 Å². The van der Waals surface area contributed by atoms with Gasteiger partial charge in [0.1, 0.15) is 0 Å². The van der Waals surface area contributed by atoms with E-state index in [0.717, 1.165) is 0 Å². The lowest BCUT2D eigenvalue weighted by Gasteiger charge is -2.15. The maximum Gasteiger partial charge on any atom is 0.433 e. The van der Waals surface area contributed by atoms with Crippen LogP contribution in [-0.2, 0) is 4.84 Å². The van der Waals surface area contributed by atoms with Gasteiger partial charge in [-0.1, -0.05) is 18.2 Å². The molecule has 17 heavy (non-hydrogen) atoms. The minimum absolute atomic E-state index is 0.156. The van der Waals surface area contributed by atoms with Crippen LogP contribution in [-0.4, -0.2) is 18.4 Å². The van der Waals surface area contributed by atoms with Crippen LogP contribution >= 0.6 is 0 Å². The Morgan fingerprint density at radius 2 is 1.82 bits per heavy atom. The van der Waals surface area contributed by atoms with Gasteiger partial charge in [-0.15, -0.1) is 5.59 Å². The lowest BCUT2D eigenvalue weighted by atomic mass is 10.2. The molecule has 0 radical (unpaired) electrons. The summed E-state index contributed by atoms with van der Waals surface area (Å²) in [5.74, 6) is -0.796. The highest BCUT2D eigenvalue weighted by molar-refractivity contribution is 5.93. The van der Waals surface area contributed by atoms with Crippen molar-refractivity contribution < 1.29 is 27.2 Å². The molecule has 4 nitrogen and oxygen atoms in total. The molecule has 0 aromatic heterocycles. The zero-order valence-electron chi connectivity index (χ0n) is 8.29. The third-order valence-corrected chi connectivity index (χ3v) is 1.64. The van der Waals surface area contributed by atoms with Crippen molar-refractivity contribution in [1.82, 2.24) is 11.0 Å². The van der Waals surface area contributed by atoms with Crippen molar-refractivity contribution in [3.8, 4) is 0 Å². The van der Waals surface area contributed by atoms with Crippen LogP contribution < -0.4 is 11.0 Å². The first-order chi connectivity index (χ1) is 7.93. The molecule has 0 heterocycles. The molecule has 0 fully saturated rings. The van der Waals surface area contributed by atoms with Crippen LogP contribution in [0.25, 0.3) is 0 Å². The molecule has 0 bridgehead atoms. The van der Waals surface area contributed by atoms with E-state index in [4.69, 9.17) is 0 Å². The fraction of sp³-hybridized carbons (Fsp3) is 0.222. The first-order valence-electron chi connectivity index (χ1n) is 4.38. The van der Waals surface area contributed by atoms with Gasteiger partial charge in [-0.25, -0.2) is 13.6 Å². The molecule has 2 N–H and O–H groups in total. The number of nitrogens with one attached hydrogen (secondary N) is 2. The Bertz CT molecular complexity index is 373. The maximum atomic E-state index is 12.2. The number of halogens is 4. The molecule has 0 aliphatic heterocycles. The first-order valence-corrected chi connectivity index (χ1v) is 4.38. The number of alkyl halides is 4. The number of carbonyl (C=O) groups is 1. The van der Waals surface area contributed by atoms with Crippen LogP contribution in [0.5, 0.6) is 0 Å². The first kappa shape index (κ1) is 13.4. The molecule has 1 aromatic rings. The smallest absolute Gasteiger partial charge is 0.268 e. The van der Waals surface area contributed by atoms with Gasteiger partial charge >= 0.3 is 12.5 Å². The molecule has 94 valence electrons. The second kappa shape index (κ2) is 5.60. The summed E-state index contributed by atoms with van der Waals surface area (Å²) in [5, 5.41) is 0. The van der Waals surface area contributed by atoms with E-state index in [9.17, 15) is 22.4 Å². The lowest BCUT2D eigenvalue weighted by molar-refractivity contribution is -0.330. The minimum Gasteiger partial charge on any atom is -0.268 e. The van der Waals surface area contributed by atoms with Crippen molar-refractivity contribution >= 4 is 5.91 Å². The number of hydrogen-bond donors (Lipinski definition) is 2. The number of hydrogen-bond acceptors (Lipinski definition) is 3. The molecule has 1 amide bonds. The summed E-state index contributed by atoms with van der Waals surface area (Å²) in [6.07, 6.45) is -8.67. The highest BCUT2D eigenvalue weighted by atomic mass is 19.3. The highest BCUT2D eigenvalue weighted by Gasteiger charge is 2.43. The Hall–Kier alpha value is -1.67. The van der Waals surface area contributed by atoms with Gasteiger partial charge in [0.05, 0.1) is 0 Å². The predicted octanol–water partition coefficient (Wildman–Crippen LogP) is 1.71. The molecule has 0 unspecified atom stereocenters. The zero-order chi connectivity index (χ0) is 12.9. The molecule has 0 spiro atoms. The van der Waals surface area contributed by atoms with E-state index in [1.165, 1.54) is 17.7 Å². The number of carbonyl (C=O) groups excluding carboxylic acids is 1. The lowest BCUT2D eigenvalue weighted by Crippen LogP contribution is -2.45. The zero-order valence-corrected chi connectivity index (χ0v) is 8.29. The topological polar surface area (TPSA) is 50.4 Å². The van der Waals surface area contributed by atoms with Crippen molar-refractivity contribution in [3.05, 3.63) is 35.9 Å². The molecule has 0 atom stereocenters. The normalized spacial score (nSPS) is 11.6. The van der Waals surface area contributed by atoms with Gasteiger partial charge in [0.15, 0.2) is 0 Å². The largest absolute Gasteiger partial charge is 0.433 e. The summed E-state index contributed by atoms with van der Waals surface area (Å²) < 4.78 is 47.7. The molecule has 8 heteroatoms. The average Bonchev–Trinajstić information content (AvgIpc) is 2.29. The van der Waals surface area contributed by atoms with Crippen molar-refractivity contribution in [2.45, 2.75) is 12.5 Å². The maximum absolute atomic E-state index is 12.2. The van der Waals surface area contributed by atoms with Crippen LogP contribution in [0.15, 0.2) is 30.3 Å². The Labute approximate surface area is 93.5 Å². The quantitative estimate of drug-likeness (QED) is 0.619. The Morgan fingerprint density at radius 3 is 2.35 bits per heavy atom. The van der Waals surface area contributed by atoms with Gasteiger partial charge in [-0.2, -0.15) is 8.78 Å². The summed E-state index contributed by atoms with van der Waals surface area (Å²) in [7, 11) is 0. The van der Waals surface area contributed by atoms with Crippen LogP contribution in [0.3, 0.4) is 0 Å².